The Morgan fingerprint density at radius 1 is 1.25 bits per heavy atom. The van der Waals surface area contributed by atoms with Gasteiger partial charge in [0.15, 0.2) is 0 Å². The topological polar surface area (TPSA) is 79.0 Å². The van der Waals surface area contributed by atoms with E-state index < -0.39 is 10.0 Å². The summed E-state index contributed by atoms with van der Waals surface area (Å²) in [6.45, 7) is 6.64. The Kier molecular flexibility index (Phi) is 9.69. The number of carbonyl (C=O) groups excluding carboxylic acids is 1. The van der Waals surface area contributed by atoms with E-state index in [1.165, 1.54) is 23.5 Å². The summed E-state index contributed by atoms with van der Waals surface area (Å²) in [6, 6.07) is 4.52. The molecular formula is C19H32ClN3O4S. The predicted octanol–water partition coefficient (Wildman–Crippen LogP) is 2.22. The first kappa shape index (κ1) is 24.7. The minimum absolute atomic E-state index is 0. The van der Waals surface area contributed by atoms with Crippen molar-refractivity contribution in [2.45, 2.75) is 31.6 Å². The van der Waals surface area contributed by atoms with Crippen LogP contribution in [0.2, 0.25) is 0 Å². The molecule has 0 unspecified atom stereocenters. The molecular weight excluding hydrogens is 402 g/mol. The molecule has 1 aromatic rings. The Hall–Kier alpha value is -1.35. The molecule has 2 rings (SSSR count). The number of rotatable bonds is 8. The third kappa shape index (κ3) is 5.37. The number of hydrogen-bond acceptors (Lipinski definition) is 5. The van der Waals surface area contributed by atoms with Gasteiger partial charge in [-0.05, 0) is 50.6 Å². The zero-order valence-corrected chi connectivity index (χ0v) is 18.7. The molecule has 1 aliphatic heterocycles. The van der Waals surface area contributed by atoms with Gasteiger partial charge in [-0.3, -0.25) is 4.79 Å². The monoisotopic (exact) mass is 433 g/mol. The van der Waals surface area contributed by atoms with Crippen LogP contribution in [0, 0.1) is 5.92 Å². The quantitative estimate of drug-likeness (QED) is 0.680. The SMILES string of the molecule is CCN(CC)S(=O)(=O)c1ccc(OC)c(C(=O)N2CCC(CNC)CC2)c1.Cl. The number of carbonyl (C=O) groups is 1. The molecule has 0 atom stereocenters. The van der Waals surface area contributed by atoms with Crippen LogP contribution in [-0.2, 0) is 10.0 Å². The Bertz CT molecular complexity index is 746. The third-order valence-electron chi connectivity index (χ3n) is 5.14. The number of likely N-dealkylation sites (tertiary alicyclic amines) is 1. The second kappa shape index (κ2) is 11.0. The van der Waals surface area contributed by atoms with Crippen molar-refractivity contribution in [2.24, 2.45) is 5.92 Å². The van der Waals surface area contributed by atoms with Gasteiger partial charge in [-0.15, -0.1) is 12.4 Å². The maximum absolute atomic E-state index is 13.1. The first-order chi connectivity index (χ1) is 12.9. The van der Waals surface area contributed by atoms with Gasteiger partial charge in [0.1, 0.15) is 5.75 Å². The van der Waals surface area contributed by atoms with E-state index in [1.807, 2.05) is 7.05 Å². The third-order valence-corrected chi connectivity index (χ3v) is 7.18. The molecule has 1 N–H and O–H groups in total. The van der Waals surface area contributed by atoms with E-state index in [-0.39, 0.29) is 23.2 Å². The van der Waals surface area contributed by atoms with Crippen LogP contribution in [0.1, 0.15) is 37.0 Å². The van der Waals surface area contributed by atoms with Crippen LogP contribution >= 0.6 is 12.4 Å². The Balaban J connectivity index is 0.00000392. The standard InChI is InChI=1S/C19H31N3O4S.ClH/c1-5-22(6-2)27(24,25)16-7-8-18(26-4)17(13-16)19(23)21-11-9-15(10-12-21)14-20-3;/h7-8,13,15,20H,5-6,9-12,14H2,1-4H3;1H. The molecule has 9 heteroatoms. The van der Waals surface area contributed by atoms with Gasteiger partial charge in [-0.25, -0.2) is 8.42 Å². The summed E-state index contributed by atoms with van der Waals surface area (Å²) >= 11 is 0. The Morgan fingerprint density at radius 3 is 2.36 bits per heavy atom. The van der Waals surface area contributed by atoms with Crippen molar-refractivity contribution in [1.29, 1.82) is 0 Å². The highest BCUT2D eigenvalue weighted by Crippen LogP contribution is 2.27. The number of piperidine rings is 1. The fourth-order valence-corrected chi connectivity index (χ4v) is 5.01. The lowest BCUT2D eigenvalue weighted by Gasteiger charge is -2.32. The average Bonchev–Trinajstić information content (AvgIpc) is 2.68. The van der Waals surface area contributed by atoms with Gasteiger partial charge >= 0.3 is 0 Å². The number of hydrogen-bond donors (Lipinski definition) is 1. The molecule has 7 nitrogen and oxygen atoms in total. The first-order valence-electron chi connectivity index (χ1n) is 9.51. The van der Waals surface area contributed by atoms with Crippen LogP contribution in [0.3, 0.4) is 0 Å². The molecule has 0 aromatic heterocycles. The van der Waals surface area contributed by atoms with E-state index in [4.69, 9.17) is 4.74 Å². The van der Waals surface area contributed by atoms with Crippen molar-refractivity contribution >= 4 is 28.3 Å². The second-order valence-corrected chi connectivity index (χ2v) is 8.68. The van der Waals surface area contributed by atoms with E-state index in [1.54, 1.807) is 24.8 Å². The molecule has 0 spiro atoms. The molecule has 1 aliphatic rings. The molecule has 1 fully saturated rings. The van der Waals surface area contributed by atoms with Crippen molar-refractivity contribution in [2.75, 3.05) is 46.9 Å². The van der Waals surface area contributed by atoms with Crippen LogP contribution in [-0.4, -0.2) is 70.4 Å². The molecule has 1 heterocycles. The number of methoxy groups -OCH3 is 1. The number of sulfonamides is 1. The number of benzene rings is 1. The molecule has 0 radical (unpaired) electrons. The zero-order valence-electron chi connectivity index (χ0n) is 17.1. The number of halogens is 1. The van der Waals surface area contributed by atoms with E-state index >= 15 is 0 Å². The summed E-state index contributed by atoms with van der Waals surface area (Å²) in [5.74, 6) is 0.789. The van der Waals surface area contributed by atoms with Crippen LogP contribution in [0.25, 0.3) is 0 Å². The van der Waals surface area contributed by atoms with Crippen LogP contribution in [0.4, 0.5) is 0 Å². The number of nitrogens with zero attached hydrogens (tertiary/aromatic N) is 2. The van der Waals surface area contributed by atoms with Crippen molar-refractivity contribution in [3.05, 3.63) is 23.8 Å². The molecule has 0 bridgehead atoms. The summed E-state index contributed by atoms with van der Waals surface area (Å²) in [5, 5.41) is 3.18. The summed E-state index contributed by atoms with van der Waals surface area (Å²) in [6.07, 6.45) is 1.87. The van der Waals surface area contributed by atoms with Crippen molar-refractivity contribution in [3.8, 4) is 5.75 Å². The minimum Gasteiger partial charge on any atom is -0.496 e. The highest BCUT2D eigenvalue weighted by Gasteiger charge is 2.28. The zero-order chi connectivity index (χ0) is 20.0. The van der Waals surface area contributed by atoms with Gasteiger partial charge in [0.05, 0.1) is 17.6 Å². The number of amides is 1. The van der Waals surface area contributed by atoms with Gasteiger partial charge in [0, 0.05) is 26.2 Å². The normalized spacial score (nSPS) is 15.4. The van der Waals surface area contributed by atoms with Crippen molar-refractivity contribution in [3.63, 3.8) is 0 Å². The van der Waals surface area contributed by atoms with Gasteiger partial charge in [0.2, 0.25) is 10.0 Å². The lowest BCUT2D eigenvalue weighted by molar-refractivity contribution is 0.0687. The van der Waals surface area contributed by atoms with Crippen LogP contribution in [0.15, 0.2) is 23.1 Å². The summed E-state index contributed by atoms with van der Waals surface area (Å²) in [5.41, 5.74) is 0.304. The van der Waals surface area contributed by atoms with Gasteiger partial charge in [0.25, 0.3) is 5.91 Å². The summed E-state index contributed by atoms with van der Waals surface area (Å²) in [7, 11) is -0.206. The number of ether oxygens (including phenoxy) is 1. The van der Waals surface area contributed by atoms with Crippen molar-refractivity contribution in [1.82, 2.24) is 14.5 Å². The fraction of sp³-hybridized carbons (Fsp3) is 0.632. The molecule has 0 aliphatic carbocycles. The molecule has 160 valence electrons. The Morgan fingerprint density at radius 2 is 1.86 bits per heavy atom. The van der Waals surface area contributed by atoms with Gasteiger partial charge in [-0.1, -0.05) is 13.8 Å². The maximum atomic E-state index is 13.1. The highest BCUT2D eigenvalue weighted by molar-refractivity contribution is 7.89. The average molecular weight is 434 g/mol. The predicted molar refractivity (Wildman–Crippen MR) is 113 cm³/mol. The summed E-state index contributed by atoms with van der Waals surface area (Å²) in [4.78, 5) is 15.0. The second-order valence-electron chi connectivity index (χ2n) is 6.74. The van der Waals surface area contributed by atoms with Gasteiger partial charge < -0.3 is 15.0 Å². The smallest absolute Gasteiger partial charge is 0.257 e. The van der Waals surface area contributed by atoms with Crippen molar-refractivity contribution < 1.29 is 17.9 Å². The molecule has 1 saturated heterocycles. The maximum Gasteiger partial charge on any atom is 0.257 e. The largest absolute Gasteiger partial charge is 0.496 e. The number of nitrogens with one attached hydrogen (secondary N) is 1. The summed E-state index contributed by atoms with van der Waals surface area (Å²) < 4.78 is 32.3. The van der Waals surface area contributed by atoms with E-state index in [0.717, 1.165) is 19.4 Å². The highest BCUT2D eigenvalue weighted by atomic mass is 35.5. The van der Waals surface area contributed by atoms with Crippen LogP contribution in [0.5, 0.6) is 5.75 Å². The first-order valence-corrected chi connectivity index (χ1v) is 10.9. The van der Waals surface area contributed by atoms with E-state index in [9.17, 15) is 13.2 Å². The minimum atomic E-state index is -3.63. The molecule has 0 saturated carbocycles. The van der Waals surface area contributed by atoms with E-state index in [0.29, 0.717) is 43.4 Å². The lowest BCUT2D eigenvalue weighted by atomic mass is 9.96. The molecule has 28 heavy (non-hydrogen) atoms. The van der Waals surface area contributed by atoms with E-state index in [2.05, 4.69) is 5.32 Å². The molecule has 1 amide bonds. The molecule has 1 aromatic carbocycles. The van der Waals surface area contributed by atoms with Gasteiger partial charge in [-0.2, -0.15) is 4.31 Å². The lowest BCUT2D eigenvalue weighted by Crippen LogP contribution is -2.40. The Labute approximate surface area is 174 Å². The van der Waals surface area contributed by atoms with Crippen LogP contribution < -0.4 is 10.1 Å². The fourth-order valence-electron chi connectivity index (χ4n) is 3.53.